The van der Waals surface area contributed by atoms with Gasteiger partial charge >= 0.3 is 0 Å². The van der Waals surface area contributed by atoms with E-state index in [9.17, 15) is 9.50 Å². The number of aromatic nitrogens is 2. The van der Waals surface area contributed by atoms with Gasteiger partial charge < -0.3 is 5.11 Å². The van der Waals surface area contributed by atoms with Crippen LogP contribution >= 0.6 is 27.5 Å². The number of hydrogen-bond acceptors (Lipinski definition) is 2. The van der Waals surface area contributed by atoms with Gasteiger partial charge in [-0.2, -0.15) is 5.10 Å². The second kappa shape index (κ2) is 4.76. The van der Waals surface area contributed by atoms with Gasteiger partial charge in [-0.25, -0.2) is 4.39 Å². The van der Waals surface area contributed by atoms with Crippen molar-refractivity contribution in [3.63, 3.8) is 0 Å². The van der Waals surface area contributed by atoms with Crippen molar-refractivity contribution < 1.29 is 9.50 Å². The predicted octanol–water partition coefficient (Wildman–Crippen LogP) is 3.06. The van der Waals surface area contributed by atoms with Crippen molar-refractivity contribution in [3.8, 4) is 0 Å². The normalized spacial score (nSPS) is 12.8. The Balaban J connectivity index is 2.47. The molecular formula is C11H9BrClFN2O. The predicted molar refractivity (Wildman–Crippen MR) is 66.4 cm³/mol. The zero-order chi connectivity index (χ0) is 12.6. The van der Waals surface area contributed by atoms with E-state index in [0.717, 1.165) is 0 Å². The van der Waals surface area contributed by atoms with Crippen molar-refractivity contribution in [1.29, 1.82) is 0 Å². The summed E-state index contributed by atoms with van der Waals surface area (Å²) in [6, 6.07) is 4.17. The number of rotatable bonds is 2. The number of aryl methyl sites for hydroxylation is 1. The first kappa shape index (κ1) is 12.5. The molecule has 3 nitrogen and oxygen atoms in total. The summed E-state index contributed by atoms with van der Waals surface area (Å²) in [5.41, 5.74) is 0.657. The molecule has 0 aliphatic heterocycles. The highest BCUT2D eigenvalue weighted by molar-refractivity contribution is 9.10. The molecule has 17 heavy (non-hydrogen) atoms. The Hall–Kier alpha value is -0.910. The van der Waals surface area contributed by atoms with Gasteiger partial charge in [-0.05, 0) is 28.1 Å². The van der Waals surface area contributed by atoms with Crippen LogP contribution in [0.3, 0.4) is 0 Å². The highest BCUT2D eigenvalue weighted by Crippen LogP contribution is 2.30. The van der Waals surface area contributed by atoms with E-state index in [-0.39, 0.29) is 5.56 Å². The molecular weight excluding hydrogens is 310 g/mol. The fraction of sp³-hybridized carbons (Fsp3) is 0.182. The average molecular weight is 320 g/mol. The Morgan fingerprint density at radius 2 is 2.24 bits per heavy atom. The lowest BCUT2D eigenvalue weighted by atomic mass is 10.1. The van der Waals surface area contributed by atoms with E-state index in [1.165, 1.54) is 22.9 Å². The van der Waals surface area contributed by atoms with Crippen LogP contribution in [0.15, 0.2) is 28.9 Å². The van der Waals surface area contributed by atoms with E-state index >= 15 is 0 Å². The Kier molecular flexibility index (Phi) is 3.51. The van der Waals surface area contributed by atoms with E-state index < -0.39 is 11.9 Å². The SMILES string of the molecule is Cn1ncc(Br)c1C(O)c1ccc(Cl)cc1F. The highest BCUT2D eigenvalue weighted by Gasteiger charge is 2.21. The Morgan fingerprint density at radius 1 is 1.53 bits per heavy atom. The molecule has 0 aliphatic rings. The van der Waals surface area contributed by atoms with Crippen molar-refractivity contribution in [3.05, 3.63) is 51.0 Å². The van der Waals surface area contributed by atoms with Gasteiger partial charge in [0.15, 0.2) is 0 Å². The molecule has 0 spiro atoms. The summed E-state index contributed by atoms with van der Waals surface area (Å²) >= 11 is 8.92. The number of halogens is 3. The summed E-state index contributed by atoms with van der Waals surface area (Å²) in [4.78, 5) is 0. The molecule has 0 bridgehead atoms. The first-order chi connectivity index (χ1) is 8.00. The molecule has 6 heteroatoms. The second-order valence-electron chi connectivity index (χ2n) is 3.57. The van der Waals surface area contributed by atoms with Gasteiger partial charge in [-0.15, -0.1) is 0 Å². The lowest BCUT2D eigenvalue weighted by Crippen LogP contribution is -2.09. The van der Waals surface area contributed by atoms with Crippen LogP contribution in [0.4, 0.5) is 4.39 Å². The number of aliphatic hydroxyl groups is 1. The van der Waals surface area contributed by atoms with Crippen molar-refractivity contribution in [1.82, 2.24) is 9.78 Å². The quantitative estimate of drug-likeness (QED) is 0.924. The number of hydrogen-bond donors (Lipinski definition) is 1. The van der Waals surface area contributed by atoms with Crippen LogP contribution in [0.2, 0.25) is 5.02 Å². The molecule has 1 heterocycles. The van der Waals surface area contributed by atoms with Crippen LogP contribution in [0.1, 0.15) is 17.4 Å². The van der Waals surface area contributed by atoms with Crippen LogP contribution in [0.25, 0.3) is 0 Å². The van der Waals surface area contributed by atoms with E-state index in [4.69, 9.17) is 11.6 Å². The average Bonchev–Trinajstić information content (AvgIpc) is 2.58. The molecule has 0 aliphatic carbocycles. The summed E-state index contributed by atoms with van der Waals surface area (Å²) in [6.07, 6.45) is 0.459. The molecule has 0 saturated heterocycles. The maximum atomic E-state index is 13.7. The van der Waals surface area contributed by atoms with E-state index in [1.807, 2.05) is 0 Å². The molecule has 1 aromatic heterocycles. The third-order valence-electron chi connectivity index (χ3n) is 2.45. The molecule has 1 unspecified atom stereocenters. The van der Waals surface area contributed by atoms with Crippen molar-refractivity contribution >= 4 is 27.5 Å². The zero-order valence-corrected chi connectivity index (χ0v) is 11.2. The largest absolute Gasteiger partial charge is 0.382 e. The standard InChI is InChI=1S/C11H9BrClFN2O/c1-16-10(8(12)5-15-16)11(17)7-3-2-6(13)4-9(7)14/h2-5,11,17H,1H3. The molecule has 0 radical (unpaired) electrons. The number of nitrogens with zero attached hydrogens (tertiary/aromatic N) is 2. The fourth-order valence-electron chi connectivity index (χ4n) is 1.60. The molecule has 1 aromatic carbocycles. The number of aliphatic hydroxyl groups excluding tert-OH is 1. The summed E-state index contributed by atoms with van der Waals surface area (Å²) in [5, 5.41) is 14.4. The van der Waals surface area contributed by atoms with Crippen LogP contribution in [0.5, 0.6) is 0 Å². The van der Waals surface area contributed by atoms with Crippen LogP contribution in [0, 0.1) is 5.82 Å². The van der Waals surface area contributed by atoms with E-state index in [0.29, 0.717) is 15.2 Å². The second-order valence-corrected chi connectivity index (χ2v) is 4.86. The summed E-state index contributed by atoms with van der Waals surface area (Å²) in [6.45, 7) is 0. The molecule has 2 aromatic rings. The molecule has 0 fully saturated rings. The fourth-order valence-corrected chi connectivity index (χ4v) is 2.32. The third kappa shape index (κ3) is 2.36. The van der Waals surface area contributed by atoms with Crippen molar-refractivity contribution in [2.75, 3.05) is 0 Å². The van der Waals surface area contributed by atoms with E-state index in [1.54, 1.807) is 13.2 Å². The number of benzene rings is 1. The minimum Gasteiger partial charge on any atom is -0.382 e. The molecule has 1 atom stereocenters. The molecule has 2 rings (SSSR count). The maximum Gasteiger partial charge on any atom is 0.130 e. The zero-order valence-electron chi connectivity index (χ0n) is 8.86. The van der Waals surface area contributed by atoms with Crippen molar-refractivity contribution in [2.24, 2.45) is 7.05 Å². The molecule has 90 valence electrons. The third-order valence-corrected chi connectivity index (χ3v) is 3.30. The lowest BCUT2D eigenvalue weighted by Gasteiger charge is -2.13. The molecule has 0 saturated carbocycles. The first-order valence-electron chi connectivity index (χ1n) is 4.81. The monoisotopic (exact) mass is 318 g/mol. The van der Waals surface area contributed by atoms with Gasteiger partial charge in [-0.3, -0.25) is 4.68 Å². The topological polar surface area (TPSA) is 38.0 Å². The first-order valence-corrected chi connectivity index (χ1v) is 5.98. The highest BCUT2D eigenvalue weighted by atomic mass is 79.9. The van der Waals surface area contributed by atoms with Crippen molar-refractivity contribution in [2.45, 2.75) is 6.10 Å². The summed E-state index contributed by atoms with van der Waals surface area (Å²) in [5.74, 6) is -0.543. The Bertz CT molecular complexity index is 539. The van der Waals surface area contributed by atoms with Gasteiger partial charge in [0.25, 0.3) is 0 Å². The lowest BCUT2D eigenvalue weighted by molar-refractivity contribution is 0.204. The van der Waals surface area contributed by atoms with E-state index in [2.05, 4.69) is 21.0 Å². The van der Waals surface area contributed by atoms with Crippen LogP contribution < -0.4 is 0 Å². The van der Waals surface area contributed by atoms with Crippen LogP contribution in [-0.2, 0) is 7.05 Å². The minimum absolute atomic E-state index is 0.165. The molecule has 0 amide bonds. The minimum atomic E-state index is -1.09. The maximum absolute atomic E-state index is 13.7. The Labute approximate surface area is 111 Å². The van der Waals surface area contributed by atoms with Gasteiger partial charge in [0.2, 0.25) is 0 Å². The van der Waals surface area contributed by atoms with Gasteiger partial charge in [0, 0.05) is 17.6 Å². The smallest absolute Gasteiger partial charge is 0.130 e. The van der Waals surface area contributed by atoms with Gasteiger partial charge in [0.1, 0.15) is 11.9 Å². The molecule has 1 N–H and O–H groups in total. The Morgan fingerprint density at radius 3 is 2.76 bits per heavy atom. The summed E-state index contributed by atoms with van der Waals surface area (Å²) < 4.78 is 15.8. The van der Waals surface area contributed by atoms with Gasteiger partial charge in [0.05, 0.1) is 16.4 Å². The summed E-state index contributed by atoms with van der Waals surface area (Å²) in [7, 11) is 1.68. The van der Waals surface area contributed by atoms with Crippen LogP contribution in [-0.4, -0.2) is 14.9 Å². The van der Waals surface area contributed by atoms with Gasteiger partial charge in [-0.1, -0.05) is 17.7 Å².